The Morgan fingerprint density at radius 2 is 2.33 bits per heavy atom. The van der Waals surface area contributed by atoms with Gasteiger partial charge in [0.05, 0.1) is 17.4 Å². The Morgan fingerprint density at radius 3 is 3.17 bits per heavy atom. The number of H-pyrrole nitrogens is 1. The summed E-state index contributed by atoms with van der Waals surface area (Å²) in [5.41, 5.74) is 3.27. The van der Waals surface area contributed by atoms with E-state index < -0.39 is 5.82 Å². The highest BCUT2D eigenvalue weighted by Crippen LogP contribution is 2.16. The third-order valence-corrected chi connectivity index (χ3v) is 4.61. The summed E-state index contributed by atoms with van der Waals surface area (Å²) in [6.45, 7) is 2.38. The summed E-state index contributed by atoms with van der Waals surface area (Å²) < 4.78 is 15.6. The summed E-state index contributed by atoms with van der Waals surface area (Å²) in [6, 6.07) is 5.95. The molecule has 0 aliphatic rings. The molecule has 0 aliphatic heterocycles. The molecule has 24 heavy (non-hydrogen) atoms. The molecule has 0 unspecified atom stereocenters. The van der Waals surface area contributed by atoms with Gasteiger partial charge in [0.15, 0.2) is 5.43 Å². The van der Waals surface area contributed by atoms with Crippen LogP contribution < -0.4 is 10.7 Å². The van der Waals surface area contributed by atoms with Crippen LogP contribution >= 0.6 is 11.3 Å². The van der Waals surface area contributed by atoms with Gasteiger partial charge < -0.3 is 10.3 Å². The van der Waals surface area contributed by atoms with E-state index in [-0.39, 0.29) is 17.0 Å². The number of nitrogens with one attached hydrogen (secondary N) is 2. The van der Waals surface area contributed by atoms with Crippen molar-refractivity contribution >= 4 is 27.2 Å². The van der Waals surface area contributed by atoms with E-state index in [4.69, 9.17) is 0 Å². The molecule has 1 aromatic carbocycles. The van der Waals surface area contributed by atoms with Crippen molar-refractivity contribution in [1.29, 1.82) is 0 Å². The monoisotopic (exact) mass is 343 g/mol. The molecule has 3 heterocycles. The summed E-state index contributed by atoms with van der Waals surface area (Å²) >= 11 is 1.47. The van der Waals surface area contributed by atoms with Gasteiger partial charge in [-0.2, -0.15) is 5.10 Å². The molecule has 1 atom stereocenters. The number of aromatic amines is 1. The van der Waals surface area contributed by atoms with Crippen molar-refractivity contribution < 1.29 is 4.39 Å². The highest BCUT2D eigenvalue weighted by Gasteiger charge is 2.12. The van der Waals surface area contributed by atoms with Crippen LogP contribution in [0.1, 0.15) is 24.4 Å². The first kappa shape index (κ1) is 15.0. The lowest BCUT2D eigenvalue weighted by atomic mass is 10.2. The highest BCUT2D eigenvalue weighted by molar-refractivity contribution is 7.14. The van der Waals surface area contributed by atoms with Crippen LogP contribution in [0.5, 0.6) is 0 Å². The van der Waals surface area contributed by atoms with E-state index in [1.165, 1.54) is 29.5 Å². The van der Waals surface area contributed by atoms with Gasteiger partial charge >= 0.3 is 0 Å². The maximum atomic E-state index is 13.9. The van der Waals surface area contributed by atoms with Crippen molar-refractivity contribution in [3.63, 3.8) is 0 Å². The topological polar surface area (TPSA) is 75.1 Å². The summed E-state index contributed by atoms with van der Waals surface area (Å²) in [7, 11) is 0. The number of aromatic nitrogens is 4. The van der Waals surface area contributed by atoms with Gasteiger partial charge in [-0.15, -0.1) is 0 Å². The minimum Gasteiger partial charge on any atom is -0.355 e. The lowest BCUT2D eigenvalue weighted by Gasteiger charge is -2.12. The second kappa shape index (κ2) is 5.81. The number of rotatable bonds is 4. The van der Waals surface area contributed by atoms with Gasteiger partial charge in [0.25, 0.3) is 0 Å². The molecular weight excluding hydrogens is 329 g/mol. The van der Waals surface area contributed by atoms with E-state index in [9.17, 15) is 9.18 Å². The van der Waals surface area contributed by atoms with E-state index in [1.54, 1.807) is 16.1 Å². The summed E-state index contributed by atoms with van der Waals surface area (Å²) in [5.74, 6) is -0.431. The minimum atomic E-state index is -0.431. The second-order valence-corrected chi connectivity index (χ2v) is 6.37. The van der Waals surface area contributed by atoms with Crippen LogP contribution in [0.2, 0.25) is 0 Å². The molecule has 0 aliphatic carbocycles. The van der Waals surface area contributed by atoms with Crippen LogP contribution in [0.3, 0.4) is 0 Å². The number of para-hydroxylation sites is 1. The Bertz CT molecular complexity index is 1050. The second-order valence-electron chi connectivity index (χ2n) is 5.56. The Morgan fingerprint density at radius 1 is 1.46 bits per heavy atom. The molecule has 2 N–H and O–H groups in total. The van der Waals surface area contributed by atoms with Crippen LogP contribution in [0.15, 0.2) is 40.8 Å². The number of imidazole rings is 1. The fourth-order valence-electron chi connectivity index (χ4n) is 2.62. The number of hydrogen-bond acceptors (Lipinski definition) is 5. The maximum absolute atomic E-state index is 13.9. The van der Waals surface area contributed by atoms with Crippen LogP contribution in [-0.2, 0) is 6.54 Å². The van der Waals surface area contributed by atoms with Gasteiger partial charge in [-0.3, -0.25) is 4.79 Å². The fourth-order valence-corrected chi connectivity index (χ4v) is 3.23. The van der Waals surface area contributed by atoms with Crippen LogP contribution in [-0.4, -0.2) is 19.6 Å². The smallest absolute Gasteiger partial charge is 0.212 e. The summed E-state index contributed by atoms with van der Waals surface area (Å²) in [5, 5.41) is 7.79. The molecular formula is C16H14FN5OS. The van der Waals surface area contributed by atoms with Gasteiger partial charge in [0, 0.05) is 29.7 Å². The molecule has 0 amide bonds. The quantitative estimate of drug-likeness (QED) is 0.597. The summed E-state index contributed by atoms with van der Waals surface area (Å²) in [4.78, 5) is 20.4. The van der Waals surface area contributed by atoms with Crippen molar-refractivity contribution in [3.05, 3.63) is 63.4 Å². The molecule has 0 saturated heterocycles. The molecule has 0 bridgehead atoms. The van der Waals surface area contributed by atoms with Gasteiger partial charge in [0.2, 0.25) is 4.96 Å². The zero-order chi connectivity index (χ0) is 16.7. The van der Waals surface area contributed by atoms with E-state index in [1.807, 2.05) is 13.1 Å². The Kier molecular flexibility index (Phi) is 3.62. The Hall–Kier alpha value is -2.58. The van der Waals surface area contributed by atoms with Crippen molar-refractivity contribution in [2.24, 2.45) is 0 Å². The molecule has 0 saturated carbocycles. The highest BCUT2D eigenvalue weighted by atomic mass is 32.1. The van der Waals surface area contributed by atoms with Gasteiger partial charge in [0.1, 0.15) is 11.3 Å². The Balaban J connectivity index is 1.57. The third kappa shape index (κ3) is 2.59. The lowest BCUT2D eigenvalue weighted by molar-refractivity contribution is 0.557. The maximum Gasteiger partial charge on any atom is 0.212 e. The van der Waals surface area contributed by atoms with E-state index in [0.717, 1.165) is 10.7 Å². The molecule has 6 nitrogen and oxygen atoms in total. The van der Waals surface area contributed by atoms with Crippen molar-refractivity contribution in [2.75, 3.05) is 0 Å². The molecule has 0 fully saturated rings. The molecule has 3 aromatic heterocycles. The first-order chi connectivity index (χ1) is 11.6. The number of pyridine rings is 1. The van der Waals surface area contributed by atoms with Crippen molar-refractivity contribution in [3.8, 4) is 0 Å². The zero-order valence-electron chi connectivity index (χ0n) is 12.8. The van der Waals surface area contributed by atoms with Crippen LogP contribution in [0.25, 0.3) is 15.9 Å². The predicted molar refractivity (Wildman–Crippen MR) is 90.6 cm³/mol. The van der Waals surface area contributed by atoms with Gasteiger partial charge in [-0.25, -0.2) is 13.9 Å². The number of fused-ring (bicyclic) bond motifs is 2. The summed E-state index contributed by atoms with van der Waals surface area (Å²) in [6.07, 6.45) is 1.87. The minimum absolute atomic E-state index is 0.0290. The van der Waals surface area contributed by atoms with Crippen LogP contribution in [0, 0.1) is 5.82 Å². The first-order valence-electron chi connectivity index (χ1n) is 7.44. The number of hydrogen-bond donors (Lipinski definition) is 2. The van der Waals surface area contributed by atoms with E-state index in [2.05, 4.69) is 20.4 Å². The fraction of sp³-hybridized carbons (Fsp3) is 0.188. The number of benzene rings is 1. The molecule has 122 valence electrons. The standard InChI is InChI=1S/C16H14FN5OS/c1-9(13-7-22-16(21-13)24-8-19-22)18-6-10-5-14(23)11-3-2-4-12(17)15(11)20-10/h2-5,7-9,18H,6H2,1H3,(H,20,23)/t9-/m0/s1. The molecule has 4 aromatic rings. The average Bonchev–Trinajstić information content (AvgIpc) is 3.15. The van der Waals surface area contributed by atoms with E-state index in [0.29, 0.717) is 17.6 Å². The molecule has 0 spiro atoms. The molecule has 4 rings (SSSR count). The lowest BCUT2D eigenvalue weighted by Crippen LogP contribution is -2.20. The zero-order valence-corrected chi connectivity index (χ0v) is 13.6. The van der Waals surface area contributed by atoms with Crippen molar-refractivity contribution in [1.82, 2.24) is 24.9 Å². The third-order valence-electron chi connectivity index (χ3n) is 3.92. The largest absolute Gasteiger partial charge is 0.355 e. The van der Waals surface area contributed by atoms with Gasteiger partial charge in [-0.1, -0.05) is 17.4 Å². The predicted octanol–water partition coefficient (Wildman–Crippen LogP) is 2.62. The van der Waals surface area contributed by atoms with Crippen molar-refractivity contribution in [2.45, 2.75) is 19.5 Å². The normalized spacial score (nSPS) is 12.9. The van der Waals surface area contributed by atoms with E-state index >= 15 is 0 Å². The Labute approximate surface area is 140 Å². The number of nitrogens with zero attached hydrogens (tertiary/aromatic N) is 3. The molecule has 0 radical (unpaired) electrons. The first-order valence-corrected chi connectivity index (χ1v) is 8.32. The number of halogens is 1. The van der Waals surface area contributed by atoms with Crippen LogP contribution in [0.4, 0.5) is 4.39 Å². The average molecular weight is 343 g/mol. The SMILES string of the molecule is C[C@H](NCc1cc(=O)c2cccc(F)c2[nH]1)c1cn2ncsc2n1. The molecule has 8 heteroatoms. The van der Waals surface area contributed by atoms with Gasteiger partial charge in [-0.05, 0) is 19.1 Å².